The molecule has 0 saturated carbocycles. The predicted octanol–water partition coefficient (Wildman–Crippen LogP) is 0.354. The van der Waals surface area contributed by atoms with Gasteiger partial charge in [-0.2, -0.15) is 0 Å². The molecule has 0 aromatic carbocycles. The molecule has 0 unspecified atom stereocenters. The molecule has 0 radical (unpaired) electrons. The van der Waals surface area contributed by atoms with Gasteiger partial charge in [-0.3, -0.25) is 4.79 Å². The molecule has 0 fully saturated rings. The van der Waals surface area contributed by atoms with Gasteiger partial charge in [0.2, 0.25) is 0 Å². The van der Waals surface area contributed by atoms with Crippen LogP contribution in [0.15, 0.2) is 0 Å². The van der Waals surface area contributed by atoms with Crippen molar-refractivity contribution in [3.05, 3.63) is 11.4 Å². The average molecular weight is 239 g/mol. The van der Waals surface area contributed by atoms with Crippen molar-refractivity contribution in [3.63, 3.8) is 0 Å². The summed E-state index contributed by atoms with van der Waals surface area (Å²) in [5, 5.41) is 2.89. The standard InChI is InChI=1S/C10H17N5O2/c1-4-17-8(16)5-12-9-6(2)10(15-11)14-7(3)13-9/h4-5,11H2,1-3H3,(H2,12,13,14,15). The van der Waals surface area contributed by atoms with Gasteiger partial charge in [-0.1, -0.05) is 0 Å². The van der Waals surface area contributed by atoms with Gasteiger partial charge < -0.3 is 15.5 Å². The van der Waals surface area contributed by atoms with Gasteiger partial charge in [-0.25, -0.2) is 15.8 Å². The van der Waals surface area contributed by atoms with Crippen molar-refractivity contribution in [2.24, 2.45) is 5.84 Å². The van der Waals surface area contributed by atoms with Crippen molar-refractivity contribution < 1.29 is 9.53 Å². The van der Waals surface area contributed by atoms with Crippen molar-refractivity contribution in [1.29, 1.82) is 0 Å². The molecule has 0 amide bonds. The molecule has 0 bridgehead atoms. The van der Waals surface area contributed by atoms with Crippen LogP contribution in [0.5, 0.6) is 0 Å². The number of aromatic nitrogens is 2. The molecule has 0 aliphatic carbocycles. The molecule has 17 heavy (non-hydrogen) atoms. The lowest BCUT2D eigenvalue weighted by atomic mass is 10.3. The Morgan fingerprint density at radius 3 is 2.59 bits per heavy atom. The summed E-state index contributed by atoms with van der Waals surface area (Å²) >= 11 is 0. The number of hydrogen-bond donors (Lipinski definition) is 3. The highest BCUT2D eigenvalue weighted by Crippen LogP contribution is 2.18. The second-order valence-corrected chi connectivity index (χ2v) is 3.40. The van der Waals surface area contributed by atoms with E-state index in [0.717, 1.165) is 5.56 Å². The van der Waals surface area contributed by atoms with Crippen LogP contribution in [0.4, 0.5) is 11.6 Å². The zero-order chi connectivity index (χ0) is 12.8. The molecule has 1 heterocycles. The number of nitrogens with one attached hydrogen (secondary N) is 2. The lowest BCUT2D eigenvalue weighted by Gasteiger charge is -2.11. The number of rotatable bonds is 5. The van der Waals surface area contributed by atoms with Crippen LogP contribution >= 0.6 is 0 Å². The second kappa shape index (κ2) is 6.00. The Labute approximate surface area is 99.7 Å². The van der Waals surface area contributed by atoms with Crippen LogP contribution in [-0.2, 0) is 9.53 Å². The molecule has 7 nitrogen and oxygen atoms in total. The zero-order valence-electron chi connectivity index (χ0n) is 10.2. The van der Waals surface area contributed by atoms with Gasteiger partial charge in [0.15, 0.2) is 0 Å². The van der Waals surface area contributed by atoms with Gasteiger partial charge in [0.05, 0.1) is 6.61 Å². The minimum atomic E-state index is -0.328. The Morgan fingerprint density at radius 1 is 1.35 bits per heavy atom. The van der Waals surface area contributed by atoms with Crippen molar-refractivity contribution in [2.45, 2.75) is 20.8 Å². The number of hydrazine groups is 1. The van der Waals surface area contributed by atoms with Gasteiger partial charge >= 0.3 is 5.97 Å². The summed E-state index contributed by atoms with van der Waals surface area (Å²) in [4.78, 5) is 19.5. The smallest absolute Gasteiger partial charge is 0.325 e. The molecular formula is C10H17N5O2. The summed E-state index contributed by atoms with van der Waals surface area (Å²) in [6.07, 6.45) is 0. The molecule has 94 valence electrons. The van der Waals surface area contributed by atoms with Crippen LogP contribution in [0.25, 0.3) is 0 Å². The molecule has 4 N–H and O–H groups in total. The monoisotopic (exact) mass is 239 g/mol. The topological polar surface area (TPSA) is 102 Å². The van der Waals surface area contributed by atoms with Crippen LogP contribution < -0.4 is 16.6 Å². The van der Waals surface area contributed by atoms with Crippen LogP contribution in [0.3, 0.4) is 0 Å². The van der Waals surface area contributed by atoms with Gasteiger partial charge in [-0.15, -0.1) is 0 Å². The van der Waals surface area contributed by atoms with E-state index >= 15 is 0 Å². The van der Waals surface area contributed by atoms with Gasteiger partial charge in [0.1, 0.15) is 24.0 Å². The number of hydrogen-bond acceptors (Lipinski definition) is 7. The van der Waals surface area contributed by atoms with Crippen molar-refractivity contribution in [3.8, 4) is 0 Å². The van der Waals surface area contributed by atoms with Crippen LogP contribution in [0.1, 0.15) is 18.3 Å². The molecule has 1 aromatic heterocycles. The van der Waals surface area contributed by atoms with Crippen molar-refractivity contribution in [1.82, 2.24) is 9.97 Å². The van der Waals surface area contributed by atoms with Gasteiger partial charge in [0.25, 0.3) is 0 Å². The van der Waals surface area contributed by atoms with E-state index in [1.165, 1.54) is 0 Å². The maximum absolute atomic E-state index is 11.2. The molecular weight excluding hydrogens is 222 g/mol. The number of carbonyl (C=O) groups is 1. The van der Waals surface area contributed by atoms with E-state index < -0.39 is 0 Å². The first-order valence-corrected chi connectivity index (χ1v) is 5.29. The van der Waals surface area contributed by atoms with Crippen LogP contribution in [0, 0.1) is 13.8 Å². The lowest BCUT2D eigenvalue weighted by Crippen LogP contribution is -2.19. The van der Waals surface area contributed by atoms with Crippen LogP contribution in [0.2, 0.25) is 0 Å². The Hall–Kier alpha value is -1.89. The molecule has 0 saturated heterocycles. The highest BCUT2D eigenvalue weighted by molar-refractivity contribution is 5.75. The third-order valence-corrected chi connectivity index (χ3v) is 2.10. The number of aryl methyl sites for hydroxylation is 1. The number of nitrogens with two attached hydrogens (primary N) is 1. The first-order valence-electron chi connectivity index (χ1n) is 5.29. The number of ether oxygens (including phenoxy) is 1. The van der Waals surface area contributed by atoms with E-state index in [1.54, 1.807) is 13.8 Å². The summed E-state index contributed by atoms with van der Waals surface area (Å²) in [7, 11) is 0. The highest BCUT2D eigenvalue weighted by Gasteiger charge is 2.09. The molecule has 7 heteroatoms. The minimum Gasteiger partial charge on any atom is -0.465 e. The number of anilines is 2. The summed E-state index contributed by atoms with van der Waals surface area (Å²) in [6.45, 7) is 5.74. The highest BCUT2D eigenvalue weighted by atomic mass is 16.5. The Balaban J connectivity index is 2.77. The zero-order valence-corrected chi connectivity index (χ0v) is 10.2. The second-order valence-electron chi connectivity index (χ2n) is 3.40. The number of nitrogens with zero attached hydrogens (tertiary/aromatic N) is 2. The predicted molar refractivity (Wildman–Crippen MR) is 64.4 cm³/mol. The third-order valence-electron chi connectivity index (χ3n) is 2.10. The van der Waals surface area contributed by atoms with Crippen molar-refractivity contribution >= 4 is 17.6 Å². The summed E-state index contributed by atoms with van der Waals surface area (Å²) in [5.41, 5.74) is 3.23. The van der Waals surface area contributed by atoms with Gasteiger partial charge in [-0.05, 0) is 20.8 Å². The molecule has 1 aromatic rings. The average Bonchev–Trinajstić information content (AvgIpc) is 2.30. The fraction of sp³-hybridized carbons (Fsp3) is 0.500. The first-order chi connectivity index (χ1) is 8.08. The molecule has 0 aliphatic rings. The Kier molecular flexibility index (Phi) is 4.65. The van der Waals surface area contributed by atoms with E-state index in [4.69, 9.17) is 10.6 Å². The molecule has 0 spiro atoms. The summed E-state index contributed by atoms with van der Waals surface area (Å²) in [5.74, 6) is 6.67. The maximum atomic E-state index is 11.2. The van der Waals surface area contributed by atoms with E-state index in [1.807, 2.05) is 6.92 Å². The summed E-state index contributed by atoms with van der Waals surface area (Å²) < 4.78 is 4.81. The van der Waals surface area contributed by atoms with E-state index in [-0.39, 0.29) is 12.5 Å². The number of esters is 1. The van der Waals surface area contributed by atoms with Crippen molar-refractivity contribution in [2.75, 3.05) is 23.9 Å². The fourth-order valence-electron chi connectivity index (χ4n) is 1.31. The van der Waals surface area contributed by atoms with Crippen LogP contribution in [-0.4, -0.2) is 29.1 Å². The SMILES string of the molecule is CCOC(=O)CNc1nc(C)nc(NN)c1C. The third kappa shape index (κ3) is 3.56. The lowest BCUT2D eigenvalue weighted by molar-refractivity contribution is -0.140. The molecule has 0 atom stereocenters. The largest absolute Gasteiger partial charge is 0.465 e. The van der Waals surface area contributed by atoms with E-state index in [9.17, 15) is 4.79 Å². The quantitative estimate of drug-likeness (QED) is 0.387. The molecule has 0 aliphatic heterocycles. The minimum absolute atomic E-state index is 0.0646. The van der Waals surface area contributed by atoms with E-state index in [2.05, 4.69) is 20.7 Å². The number of carbonyl (C=O) groups excluding carboxylic acids is 1. The fourth-order valence-corrected chi connectivity index (χ4v) is 1.31. The summed E-state index contributed by atoms with van der Waals surface area (Å²) in [6, 6.07) is 0. The molecule has 1 rings (SSSR count). The number of nitrogen functional groups attached to an aromatic ring is 1. The Morgan fingerprint density at radius 2 is 2.00 bits per heavy atom. The first kappa shape index (κ1) is 13.2. The maximum Gasteiger partial charge on any atom is 0.325 e. The normalized spacial score (nSPS) is 9.88. The van der Waals surface area contributed by atoms with Gasteiger partial charge in [0, 0.05) is 5.56 Å². The van der Waals surface area contributed by atoms with E-state index in [0.29, 0.717) is 24.1 Å². The Bertz CT molecular complexity index is 408.